The van der Waals surface area contributed by atoms with Crippen molar-refractivity contribution in [3.63, 3.8) is 0 Å². The van der Waals surface area contributed by atoms with Gasteiger partial charge in [-0.05, 0) is 59.4 Å². The minimum atomic E-state index is -1.18. The first-order chi connectivity index (χ1) is 15.8. The third kappa shape index (κ3) is 15.2. The summed E-state index contributed by atoms with van der Waals surface area (Å²) in [5, 5.41) is 9.77. The van der Waals surface area contributed by atoms with Gasteiger partial charge in [-0.2, -0.15) is 14.6 Å². The molecule has 0 fully saturated rings. The largest absolute Gasteiger partial charge is 0.577 e. The smallest absolute Gasteiger partial charge is 0.226 e. The van der Waals surface area contributed by atoms with Crippen LogP contribution in [0.1, 0.15) is 146 Å². The SMILES string of the molecule is CCCCCC(CC)(CC(C)(C)C)OOOC(=O)OOOC(CC)(CCCCC)CC(C)(C)C. The summed E-state index contributed by atoms with van der Waals surface area (Å²) in [5.41, 5.74) is -1.04. The minimum Gasteiger partial charge on any atom is -0.226 e. The number of hydrogen-bond acceptors (Lipinski definition) is 7. The summed E-state index contributed by atoms with van der Waals surface area (Å²) < 4.78 is 0. The van der Waals surface area contributed by atoms with Crippen LogP contribution < -0.4 is 0 Å². The predicted octanol–water partition coefficient (Wildman–Crippen LogP) is 9.20. The number of unbranched alkanes of at least 4 members (excludes halogenated alkanes) is 4. The molecule has 0 heterocycles. The van der Waals surface area contributed by atoms with E-state index in [0.29, 0.717) is 0 Å². The molecule has 204 valence electrons. The molecule has 0 bridgehead atoms. The standard InChI is InChI=1S/C27H54O7/c1-11-15-17-19-26(13-3,21-24(5,6)7)31-33-29-23(28)30-34-32-27(14-4,20-18-16-12-2)22-25(8,9)10/h11-22H2,1-10H3. The molecule has 0 aliphatic rings. The van der Waals surface area contributed by atoms with Crippen molar-refractivity contribution in [3.05, 3.63) is 0 Å². The van der Waals surface area contributed by atoms with Crippen LogP contribution in [-0.4, -0.2) is 17.4 Å². The molecule has 0 saturated heterocycles. The van der Waals surface area contributed by atoms with E-state index in [1.165, 1.54) is 0 Å². The summed E-state index contributed by atoms with van der Waals surface area (Å²) in [6.07, 6.45) is 9.91. The van der Waals surface area contributed by atoms with Gasteiger partial charge in [0.15, 0.2) is 0 Å². The van der Waals surface area contributed by atoms with Crippen molar-refractivity contribution in [2.24, 2.45) is 10.8 Å². The van der Waals surface area contributed by atoms with Crippen LogP contribution in [0.15, 0.2) is 0 Å². The van der Waals surface area contributed by atoms with Gasteiger partial charge in [-0.1, -0.05) is 108 Å². The Bertz CT molecular complexity index is 492. The molecule has 0 aromatic rings. The maximum Gasteiger partial charge on any atom is 0.577 e. The molecule has 0 aliphatic carbocycles. The first kappa shape index (κ1) is 33.1. The maximum atomic E-state index is 12.0. The third-order valence-corrected chi connectivity index (χ3v) is 6.09. The molecule has 7 heteroatoms. The van der Waals surface area contributed by atoms with E-state index in [1.807, 2.05) is 0 Å². The topological polar surface area (TPSA) is 72.5 Å². The van der Waals surface area contributed by atoms with Crippen LogP contribution in [0.2, 0.25) is 0 Å². The highest BCUT2D eigenvalue weighted by Crippen LogP contribution is 2.38. The Morgan fingerprint density at radius 1 is 0.588 bits per heavy atom. The number of carbonyl (C=O) groups excluding carboxylic acids is 1. The summed E-state index contributed by atoms with van der Waals surface area (Å²) in [4.78, 5) is 32.7. The van der Waals surface area contributed by atoms with Gasteiger partial charge in [0, 0.05) is 0 Å². The average molecular weight is 491 g/mol. The van der Waals surface area contributed by atoms with Gasteiger partial charge in [-0.15, -0.1) is 0 Å². The molecule has 34 heavy (non-hydrogen) atoms. The molecule has 0 radical (unpaired) electrons. The van der Waals surface area contributed by atoms with Gasteiger partial charge in [0.1, 0.15) is 11.2 Å². The van der Waals surface area contributed by atoms with Crippen LogP contribution in [0, 0.1) is 10.8 Å². The van der Waals surface area contributed by atoms with E-state index < -0.39 is 17.4 Å². The fourth-order valence-corrected chi connectivity index (χ4v) is 4.62. The van der Waals surface area contributed by atoms with Crippen LogP contribution in [0.3, 0.4) is 0 Å². The van der Waals surface area contributed by atoms with Crippen LogP contribution >= 0.6 is 0 Å². The Morgan fingerprint density at radius 2 is 0.941 bits per heavy atom. The molecule has 0 amide bonds. The second-order valence-electron chi connectivity index (χ2n) is 12.2. The minimum absolute atomic E-state index is 0.0252. The zero-order valence-electron chi connectivity index (χ0n) is 23.8. The monoisotopic (exact) mass is 490 g/mol. The molecule has 0 rings (SSSR count). The van der Waals surface area contributed by atoms with Gasteiger partial charge in [0.05, 0.1) is 0 Å². The van der Waals surface area contributed by atoms with Crippen molar-refractivity contribution in [2.75, 3.05) is 0 Å². The lowest BCUT2D eigenvalue weighted by molar-refractivity contribution is -0.559. The Morgan fingerprint density at radius 3 is 1.21 bits per heavy atom. The van der Waals surface area contributed by atoms with Gasteiger partial charge >= 0.3 is 6.16 Å². The molecule has 0 aliphatic heterocycles. The van der Waals surface area contributed by atoms with Crippen molar-refractivity contribution < 1.29 is 34.4 Å². The van der Waals surface area contributed by atoms with Crippen molar-refractivity contribution in [2.45, 2.75) is 157 Å². The second-order valence-corrected chi connectivity index (χ2v) is 12.2. The average Bonchev–Trinajstić information content (AvgIpc) is 2.71. The fourth-order valence-electron chi connectivity index (χ4n) is 4.62. The Labute approximate surface area is 209 Å². The summed E-state index contributed by atoms with van der Waals surface area (Å²) in [7, 11) is 0. The number of rotatable bonds is 18. The van der Waals surface area contributed by atoms with E-state index in [0.717, 1.165) is 77.0 Å². The van der Waals surface area contributed by atoms with E-state index >= 15 is 0 Å². The lowest BCUT2D eigenvalue weighted by Crippen LogP contribution is -2.37. The first-order valence-corrected chi connectivity index (χ1v) is 13.3. The van der Waals surface area contributed by atoms with E-state index in [1.54, 1.807) is 0 Å². The molecule has 0 saturated carbocycles. The summed E-state index contributed by atoms with van der Waals surface area (Å²) in [5.74, 6) is 0. The molecular formula is C27H54O7. The highest BCUT2D eigenvalue weighted by Gasteiger charge is 2.37. The summed E-state index contributed by atoms with van der Waals surface area (Å²) >= 11 is 0. The van der Waals surface area contributed by atoms with Crippen molar-refractivity contribution in [3.8, 4) is 0 Å². The van der Waals surface area contributed by atoms with Crippen LogP contribution in [-0.2, 0) is 29.6 Å². The highest BCUT2D eigenvalue weighted by atomic mass is 17.6. The molecule has 0 aromatic carbocycles. The normalized spacial score (nSPS) is 16.1. The van der Waals surface area contributed by atoms with E-state index in [9.17, 15) is 4.79 Å². The van der Waals surface area contributed by atoms with Crippen LogP contribution in [0.25, 0.3) is 0 Å². The number of hydrogen-bond donors (Lipinski definition) is 0. The van der Waals surface area contributed by atoms with Crippen LogP contribution in [0.4, 0.5) is 4.79 Å². The van der Waals surface area contributed by atoms with E-state index in [4.69, 9.17) is 19.9 Å². The molecular weight excluding hydrogens is 436 g/mol. The van der Waals surface area contributed by atoms with Gasteiger partial charge in [-0.3, -0.25) is 0 Å². The molecule has 2 unspecified atom stereocenters. The van der Waals surface area contributed by atoms with E-state index in [2.05, 4.69) is 79.0 Å². The second kappa shape index (κ2) is 16.0. The maximum absolute atomic E-state index is 12.0. The van der Waals surface area contributed by atoms with Crippen molar-refractivity contribution in [1.29, 1.82) is 0 Å². The fraction of sp³-hybridized carbons (Fsp3) is 0.963. The zero-order valence-corrected chi connectivity index (χ0v) is 23.8. The molecule has 7 nitrogen and oxygen atoms in total. The van der Waals surface area contributed by atoms with Gasteiger partial charge in [0.2, 0.25) is 0 Å². The van der Waals surface area contributed by atoms with Crippen LogP contribution in [0.5, 0.6) is 0 Å². The molecule has 0 aromatic heterocycles. The molecule has 0 N–H and O–H groups in total. The zero-order chi connectivity index (χ0) is 26.3. The predicted molar refractivity (Wildman–Crippen MR) is 134 cm³/mol. The summed E-state index contributed by atoms with van der Waals surface area (Å²) in [6.45, 7) is 21.3. The number of carbonyl (C=O) groups is 1. The summed E-state index contributed by atoms with van der Waals surface area (Å²) in [6, 6.07) is 0. The Hall–Kier alpha value is -0.890. The quantitative estimate of drug-likeness (QED) is 0.108. The third-order valence-electron chi connectivity index (χ3n) is 6.09. The Balaban J connectivity index is 4.85. The molecule has 2 atom stereocenters. The van der Waals surface area contributed by atoms with Gasteiger partial charge < -0.3 is 0 Å². The lowest BCUT2D eigenvalue weighted by Gasteiger charge is -2.36. The van der Waals surface area contributed by atoms with Gasteiger partial charge in [0.25, 0.3) is 0 Å². The van der Waals surface area contributed by atoms with Gasteiger partial charge in [-0.25, -0.2) is 9.78 Å². The van der Waals surface area contributed by atoms with Crippen molar-refractivity contribution >= 4 is 6.16 Å². The molecule has 0 spiro atoms. The lowest BCUT2D eigenvalue weighted by atomic mass is 9.78. The van der Waals surface area contributed by atoms with E-state index in [-0.39, 0.29) is 10.8 Å². The van der Waals surface area contributed by atoms with Crippen molar-refractivity contribution in [1.82, 2.24) is 0 Å². The highest BCUT2D eigenvalue weighted by molar-refractivity contribution is 5.57. The first-order valence-electron chi connectivity index (χ1n) is 13.3. The Kier molecular flexibility index (Phi) is 15.6.